The van der Waals surface area contributed by atoms with Gasteiger partial charge in [0.25, 0.3) is 5.91 Å². The molecule has 130 valence electrons. The van der Waals surface area contributed by atoms with Gasteiger partial charge in [0, 0.05) is 16.7 Å². The molecule has 2 rings (SSSR count). The minimum absolute atomic E-state index is 0.103. The maximum absolute atomic E-state index is 12.5. The van der Waals surface area contributed by atoms with Gasteiger partial charge >= 0.3 is 0 Å². The fraction of sp³-hybridized carbons (Fsp3) is 0.167. The van der Waals surface area contributed by atoms with Gasteiger partial charge in [-0.3, -0.25) is 15.0 Å². The third-order valence-electron chi connectivity index (χ3n) is 3.62. The molecule has 0 bridgehead atoms. The second kappa shape index (κ2) is 8.07. The summed E-state index contributed by atoms with van der Waals surface area (Å²) < 4.78 is 5.07. The lowest BCUT2D eigenvalue weighted by molar-refractivity contribution is 0.0813. The Morgan fingerprint density at radius 3 is 2.36 bits per heavy atom. The molecule has 0 aliphatic rings. The average molecular weight is 341 g/mol. The minimum atomic E-state index is -1.08. The number of ketones is 1. The van der Waals surface area contributed by atoms with Crippen molar-refractivity contribution in [1.82, 2.24) is 5.32 Å². The van der Waals surface area contributed by atoms with Crippen molar-refractivity contribution in [3.63, 3.8) is 0 Å². The van der Waals surface area contributed by atoms with Crippen molar-refractivity contribution < 1.29 is 19.4 Å². The summed E-state index contributed by atoms with van der Waals surface area (Å²) in [5, 5.41) is 19.3. The fourth-order valence-corrected chi connectivity index (χ4v) is 2.21. The number of carbonyl (C=O) groups excluding carboxylic acids is 2. The van der Waals surface area contributed by atoms with E-state index in [1.54, 1.807) is 24.3 Å². The molecule has 0 aliphatic carbocycles. The first kappa shape index (κ1) is 18.2. The van der Waals surface area contributed by atoms with Gasteiger partial charge in [0.1, 0.15) is 17.6 Å². The zero-order chi connectivity index (χ0) is 18.4. The Hall–Kier alpha value is -3.19. The number of Topliss-reactive ketones (excluding diaryl/α,β-unsaturated/α-hetero) is 1. The standard InChI is InChI=1S/C18H19N3O4/c1-25-14-4-2-3-13(9-14)16(23)15(10-22)21-18(24)12-7-5-11(6-8-12)17(19)20/h2-9,15,22H,10H2,1H3,(H3,19,20)(H,21,24)/t15-/m0/s1. The quantitative estimate of drug-likeness (QED) is 0.339. The van der Waals surface area contributed by atoms with E-state index in [0.717, 1.165) is 0 Å². The van der Waals surface area contributed by atoms with Gasteiger partial charge in [-0.05, 0) is 24.3 Å². The first-order valence-electron chi connectivity index (χ1n) is 7.50. The van der Waals surface area contributed by atoms with Crippen LogP contribution in [0.2, 0.25) is 0 Å². The molecule has 7 heteroatoms. The van der Waals surface area contributed by atoms with Gasteiger partial charge in [0.15, 0.2) is 5.78 Å². The van der Waals surface area contributed by atoms with Gasteiger partial charge in [-0.1, -0.05) is 24.3 Å². The third-order valence-corrected chi connectivity index (χ3v) is 3.62. The molecule has 0 aliphatic heterocycles. The summed E-state index contributed by atoms with van der Waals surface area (Å²) in [5.41, 5.74) is 6.47. The summed E-state index contributed by atoms with van der Waals surface area (Å²) in [6.07, 6.45) is 0. The lowest BCUT2D eigenvalue weighted by atomic mass is 10.0. The largest absolute Gasteiger partial charge is 0.497 e. The van der Waals surface area contributed by atoms with Gasteiger partial charge in [-0.15, -0.1) is 0 Å². The topological polar surface area (TPSA) is 125 Å². The summed E-state index contributed by atoms with van der Waals surface area (Å²) in [7, 11) is 1.49. The Morgan fingerprint density at radius 1 is 1.16 bits per heavy atom. The van der Waals surface area contributed by atoms with Gasteiger partial charge in [-0.2, -0.15) is 0 Å². The number of amides is 1. The van der Waals surface area contributed by atoms with Crippen LogP contribution in [0.5, 0.6) is 5.75 Å². The van der Waals surface area contributed by atoms with Crippen LogP contribution >= 0.6 is 0 Å². The number of nitrogen functional groups attached to an aromatic ring is 1. The van der Waals surface area contributed by atoms with Crippen LogP contribution in [-0.4, -0.2) is 42.4 Å². The van der Waals surface area contributed by atoms with Crippen LogP contribution in [0.3, 0.4) is 0 Å². The maximum atomic E-state index is 12.5. The number of amidine groups is 1. The Labute approximate surface area is 144 Å². The number of nitrogens with two attached hydrogens (primary N) is 1. The van der Waals surface area contributed by atoms with Crippen molar-refractivity contribution in [2.45, 2.75) is 6.04 Å². The number of aliphatic hydroxyl groups excluding tert-OH is 1. The zero-order valence-electron chi connectivity index (χ0n) is 13.7. The van der Waals surface area contributed by atoms with Crippen LogP contribution in [0, 0.1) is 5.41 Å². The summed E-state index contributed by atoms with van der Waals surface area (Å²) >= 11 is 0. The Kier molecular flexibility index (Phi) is 5.86. The van der Waals surface area contributed by atoms with E-state index in [4.69, 9.17) is 15.9 Å². The van der Waals surface area contributed by atoms with E-state index in [1.807, 2.05) is 0 Å². The molecule has 2 aromatic carbocycles. The highest BCUT2D eigenvalue weighted by atomic mass is 16.5. The predicted octanol–water partition coefficient (Wildman–Crippen LogP) is 0.953. The number of hydrogen-bond acceptors (Lipinski definition) is 5. The first-order valence-corrected chi connectivity index (χ1v) is 7.50. The van der Waals surface area contributed by atoms with E-state index in [-0.39, 0.29) is 5.84 Å². The molecular formula is C18H19N3O4. The van der Waals surface area contributed by atoms with Crippen LogP contribution < -0.4 is 15.8 Å². The van der Waals surface area contributed by atoms with E-state index in [1.165, 1.54) is 31.4 Å². The Bertz CT molecular complexity index is 787. The van der Waals surface area contributed by atoms with Crippen molar-refractivity contribution in [1.29, 1.82) is 5.41 Å². The number of methoxy groups -OCH3 is 1. The summed E-state index contributed by atoms with van der Waals surface area (Å²) in [5.74, 6) is -0.525. The number of nitrogens with one attached hydrogen (secondary N) is 2. The molecule has 5 N–H and O–H groups in total. The predicted molar refractivity (Wildman–Crippen MR) is 93.1 cm³/mol. The van der Waals surface area contributed by atoms with Gasteiger partial charge in [0.05, 0.1) is 13.7 Å². The second-order valence-corrected chi connectivity index (χ2v) is 5.30. The van der Waals surface area contributed by atoms with E-state index in [9.17, 15) is 14.7 Å². The maximum Gasteiger partial charge on any atom is 0.251 e. The first-order chi connectivity index (χ1) is 12.0. The smallest absolute Gasteiger partial charge is 0.251 e. The molecule has 25 heavy (non-hydrogen) atoms. The third kappa shape index (κ3) is 4.42. The Balaban J connectivity index is 2.13. The Morgan fingerprint density at radius 2 is 1.80 bits per heavy atom. The molecule has 0 radical (unpaired) electrons. The summed E-state index contributed by atoms with van der Waals surface area (Å²) in [4.78, 5) is 24.7. The second-order valence-electron chi connectivity index (χ2n) is 5.30. The number of hydrogen-bond donors (Lipinski definition) is 4. The molecule has 0 aromatic heterocycles. The number of rotatable bonds is 7. The average Bonchev–Trinajstić information content (AvgIpc) is 2.65. The van der Waals surface area contributed by atoms with Crippen LogP contribution in [0.25, 0.3) is 0 Å². The fourth-order valence-electron chi connectivity index (χ4n) is 2.21. The van der Waals surface area contributed by atoms with E-state index in [2.05, 4.69) is 5.32 Å². The normalized spacial score (nSPS) is 11.4. The van der Waals surface area contributed by atoms with Crippen molar-refractivity contribution in [3.8, 4) is 5.75 Å². The number of aliphatic hydroxyl groups is 1. The molecular weight excluding hydrogens is 322 g/mol. The highest BCUT2D eigenvalue weighted by Crippen LogP contribution is 2.14. The SMILES string of the molecule is COc1cccc(C(=O)[C@H](CO)NC(=O)c2ccc(C(=N)N)cc2)c1. The molecule has 0 saturated carbocycles. The van der Waals surface area contributed by atoms with E-state index < -0.39 is 24.3 Å². The van der Waals surface area contributed by atoms with Crippen molar-refractivity contribution in [2.75, 3.05) is 13.7 Å². The van der Waals surface area contributed by atoms with Crippen molar-refractivity contribution in [3.05, 3.63) is 65.2 Å². The zero-order valence-corrected chi connectivity index (χ0v) is 13.7. The number of benzene rings is 2. The molecule has 0 fully saturated rings. The molecule has 1 atom stereocenters. The molecule has 0 unspecified atom stereocenters. The highest BCUT2D eigenvalue weighted by molar-refractivity contribution is 6.05. The lowest BCUT2D eigenvalue weighted by Crippen LogP contribution is -2.43. The van der Waals surface area contributed by atoms with Gasteiger partial charge in [0.2, 0.25) is 0 Å². The molecule has 2 aromatic rings. The van der Waals surface area contributed by atoms with Crippen molar-refractivity contribution in [2.24, 2.45) is 5.73 Å². The summed E-state index contributed by atoms with van der Waals surface area (Å²) in [6.45, 7) is -0.534. The molecule has 0 spiro atoms. The molecule has 0 heterocycles. The van der Waals surface area contributed by atoms with Crippen molar-refractivity contribution >= 4 is 17.5 Å². The lowest BCUT2D eigenvalue weighted by Gasteiger charge is -2.16. The minimum Gasteiger partial charge on any atom is -0.497 e. The molecule has 0 saturated heterocycles. The molecule has 1 amide bonds. The van der Waals surface area contributed by atoms with E-state index >= 15 is 0 Å². The number of ether oxygens (including phenoxy) is 1. The van der Waals surface area contributed by atoms with Gasteiger partial charge in [-0.25, -0.2) is 0 Å². The van der Waals surface area contributed by atoms with Crippen LogP contribution in [-0.2, 0) is 0 Å². The summed E-state index contributed by atoms with van der Waals surface area (Å²) in [6, 6.07) is 11.5. The monoisotopic (exact) mass is 341 g/mol. The van der Waals surface area contributed by atoms with Crippen LogP contribution in [0.15, 0.2) is 48.5 Å². The van der Waals surface area contributed by atoms with Crippen LogP contribution in [0.4, 0.5) is 0 Å². The van der Waals surface area contributed by atoms with Gasteiger partial charge < -0.3 is 20.9 Å². The van der Waals surface area contributed by atoms with Crippen LogP contribution in [0.1, 0.15) is 26.3 Å². The van der Waals surface area contributed by atoms with E-state index in [0.29, 0.717) is 22.4 Å². The number of carbonyl (C=O) groups is 2. The highest BCUT2D eigenvalue weighted by Gasteiger charge is 2.22. The molecule has 7 nitrogen and oxygen atoms in total.